The second-order valence-electron chi connectivity index (χ2n) is 3.56. The van der Waals surface area contributed by atoms with E-state index in [1.165, 1.54) is 0 Å². The molecule has 0 aliphatic rings. The van der Waals surface area contributed by atoms with Gasteiger partial charge in [-0.3, -0.25) is 4.90 Å². The molecular formula is C10H22NO. The van der Waals surface area contributed by atoms with Gasteiger partial charge in [0, 0.05) is 12.1 Å². The van der Waals surface area contributed by atoms with Crippen molar-refractivity contribution in [2.75, 3.05) is 0 Å². The molecule has 0 aromatic heterocycles. The Labute approximate surface area is 76.6 Å². The van der Waals surface area contributed by atoms with E-state index in [0.717, 1.165) is 12.8 Å². The van der Waals surface area contributed by atoms with E-state index in [1.807, 2.05) is 0 Å². The molecule has 0 aromatic carbocycles. The van der Waals surface area contributed by atoms with Crippen LogP contribution in [0.5, 0.6) is 0 Å². The smallest absolute Gasteiger partial charge is 0.143 e. The summed E-state index contributed by atoms with van der Waals surface area (Å²) < 4.78 is 0. The van der Waals surface area contributed by atoms with Crippen LogP contribution in [0.1, 0.15) is 47.5 Å². The Morgan fingerprint density at radius 3 is 1.50 bits per heavy atom. The standard InChI is InChI=1S/C10H22NO/c1-6-8(3)11(10(5)12)9(4)7-2/h8-10H,6-7H2,1-5H3. The lowest BCUT2D eigenvalue weighted by Crippen LogP contribution is -2.45. The molecule has 0 aromatic rings. The van der Waals surface area contributed by atoms with Gasteiger partial charge in [-0.1, -0.05) is 13.8 Å². The van der Waals surface area contributed by atoms with Gasteiger partial charge < -0.3 is 0 Å². The van der Waals surface area contributed by atoms with Crippen molar-refractivity contribution in [1.82, 2.24) is 4.90 Å². The van der Waals surface area contributed by atoms with Crippen molar-refractivity contribution in [3.63, 3.8) is 0 Å². The normalized spacial score (nSPS) is 19.2. The Hall–Kier alpha value is -0.0800. The molecule has 12 heavy (non-hydrogen) atoms. The summed E-state index contributed by atoms with van der Waals surface area (Å²) in [4.78, 5) is 2.06. The second kappa shape index (κ2) is 5.55. The monoisotopic (exact) mass is 172 g/mol. The van der Waals surface area contributed by atoms with Crippen LogP contribution in [0.2, 0.25) is 0 Å². The zero-order valence-corrected chi connectivity index (χ0v) is 9.00. The van der Waals surface area contributed by atoms with Crippen molar-refractivity contribution in [1.29, 1.82) is 0 Å². The van der Waals surface area contributed by atoms with Crippen molar-refractivity contribution >= 4 is 0 Å². The molecule has 0 aliphatic carbocycles. The molecule has 0 fully saturated rings. The van der Waals surface area contributed by atoms with Crippen LogP contribution in [-0.2, 0) is 5.11 Å². The summed E-state index contributed by atoms with van der Waals surface area (Å²) in [5, 5.41) is 11.4. The van der Waals surface area contributed by atoms with Gasteiger partial charge in [0.05, 0.1) is 0 Å². The highest BCUT2D eigenvalue weighted by Gasteiger charge is 2.22. The van der Waals surface area contributed by atoms with E-state index in [9.17, 15) is 5.11 Å². The van der Waals surface area contributed by atoms with E-state index >= 15 is 0 Å². The van der Waals surface area contributed by atoms with Gasteiger partial charge in [-0.15, -0.1) is 0 Å². The maximum Gasteiger partial charge on any atom is 0.143 e. The predicted octanol–water partition coefficient (Wildman–Crippen LogP) is 2.66. The Morgan fingerprint density at radius 1 is 1.00 bits per heavy atom. The fraction of sp³-hybridized carbons (Fsp3) is 1.00. The van der Waals surface area contributed by atoms with Crippen molar-refractivity contribution < 1.29 is 5.11 Å². The highest BCUT2D eigenvalue weighted by molar-refractivity contribution is 4.72. The quantitative estimate of drug-likeness (QED) is 0.585. The molecule has 2 nitrogen and oxygen atoms in total. The van der Waals surface area contributed by atoms with Crippen LogP contribution in [0.3, 0.4) is 0 Å². The van der Waals surface area contributed by atoms with Crippen LogP contribution >= 0.6 is 0 Å². The third-order valence-electron chi connectivity index (χ3n) is 2.62. The van der Waals surface area contributed by atoms with Gasteiger partial charge >= 0.3 is 0 Å². The molecule has 0 rings (SSSR count). The molecule has 0 aliphatic heterocycles. The SMILES string of the molecule is CCC(C)N(C(C)[O])C(C)CC. The zero-order valence-electron chi connectivity index (χ0n) is 9.00. The van der Waals surface area contributed by atoms with Crippen LogP contribution in [0.25, 0.3) is 0 Å². The van der Waals surface area contributed by atoms with Gasteiger partial charge in [-0.05, 0) is 33.6 Å². The van der Waals surface area contributed by atoms with Gasteiger partial charge in [0.25, 0.3) is 0 Å². The highest BCUT2D eigenvalue weighted by atomic mass is 16.3. The van der Waals surface area contributed by atoms with Gasteiger partial charge in [-0.2, -0.15) is 0 Å². The fourth-order valence-corrected chi connectivity index (χ4v) is 1.57. The Morgan fingerprint density at radius 2 is 1.33 bits per heavy atom. The first-order valence-electron chi connectivity index (χ1n) is 4.97. The van der Waals surface area contributed by atoms with Gasteiger partial charge in [0.2, 0.25) is 0 Å². The minimum absolute atomic E-state index is 0.410. The fourth-order valence-electron chi connectivity index (χ4n) is 1.57. The molecule has 0 amide bonds. The Balaban J connectivity index is 4.21. The first-order valence-corrected chi connectivity index (χ1v) is 4.97. The maximum atomic E-state index is 11.4. The van der Waals surface area contributed by atoms with E-state index in [2.05, 4.69) is 32.6 Å². The molecule has 1 radical (unpaired) electrons. The third-order valence-corrected chi connectivity index (χ3v) is 2.62. The predicted molar refractivity (Wildman–Crippen MR) is 51.5 cm³/mol. The average molecular weight is 172 g/mol. The number of hydrogen-bond donors (Lipinski definition) is 0. The summed E-state index contributed by atoms with van der Waals surface area (Å²) in [7, 11) is 0. The highest BCUT2D eigenvalue weighted by Crippen LogP contribution is 2.14. The van der Waals surface area contributed by atoms with Crippen LogP contribution in [0.4, 0.5) is 0 Å². The number of hydrogen-bond acceptors (Lipinski definition) is 1. The third kappa shape index (κ3) is 3.11. The molecule has 3 unspecified atom stereocenters. The molecule has 0 N–H and O–H groups in total. The molecule has 0 heterocycles. The summed E-state index contributed by atoms with van der Waals surface area (Å²) in [5.41, 5.74) is 0. The van der Waals surface area contributed by atoms with Crippen molar-refractivity contribution in [3.8, 4) is 0 Å². The van der Waals surface area contributed by atoms with Crippen LogP contribution in [-0.4, -0.2) is 23.2 Å². The van der Waals surface area contributed by atoms with E-state index in [4.69, 9.17) is 0 Å². The first-order chi connectivity index (χ1) is 5.54. The van der Waals surface area contributed by atoms with E-state index in [1.54, 1.807) is 6.92 Å². The van der Waals surface area contributed by atoms with E-state index < -0.39 is 6.23 Å². The van der Waals surface area contributed by atoms with Crippen molar-refractivity contribution in [2.24, 2.45) is 0 Å². The molecule has 3 atom stereocenters. The van der Waals surface area contributed by atoms with Crippen molar-refractivity contribution in [3.05, 3.63) is 0 Å². The van der Waals surface area contributed by atoms with Crippen LogP contribution in [0.15, 0.2) is 0 Å². The topological polar surface area (TPSA) is 23.1 Å². The number of rotatable bonds is 5. The van der Waals surface area contributed by atoms with Gasteiger partial charge in [0.15, 0.2) is 0 Å². The van der Waals surface area contributed by atoms with Gasteiger partial charge in [0.1, 0.15) is 6.23 Å². The molecule has 0 spiro atoms. The summed E-state index contributed by atoms with van der Waals surface area (Å²) in [6, 6.07) is 0.819. The average Bonchev–Trinajstić information content (AvgIpc) is 2.03. The lowest BCUT2D eigenvalue weighted by atomic mass is 10.1. The van der Waals surface area contributed by atoms with Crippen molar-refractivity contribution in [2.45, 2.75) is 65.8 Å². The minimum Gasteiger partial charge on any atom is -0.270 e. The minimum atomic E-state index is -0.574. The molecule has 2 heteroatoms. The lowest BCUT2D eigenvalue weighted by Gasteiger charge is -2.34. The molecule has 73 valence electrons. The van der Waals surface area contributed by atoms with E-state index in [-0.39, 0.29) is 0 Å². The molecule has 0 bridgehead atoms. The summed E-state index contributed by atoms with van der Waals surface area (Å²) in [6.45, 7) is 10.2. The van der Waals surface area contributed by atoms with Gasteiger partial charge in [-0.25, -0.2) is 5.11 Å². The lowest BCUT2D eigenvalue weighted by molar-refractivity contribution is -0.0764. The van der Waals surface area contributed by atoms with E-state index in [0.29, 0.717) is 12.1 Å². The summed E-state index contributed by atoms with van der Waals surface area (Å²) in [5.74, 6) is 0. The Bertz CT molecular complexity index is 104. The van der Waals surface area contributed by atoms with Crippen LogP contribution < -0.4 is 0 Å². The molecule has 0 saturated carbocycles. The second-order valence-corrected chi connectivity index (χ2v) is 3.56. The summed E-state index contributed by atoms with van der Waals surface area (Å²) in [6.07, 6.45) is 1.53. The molecule has 0 saturated heterocycles. The zero-order chi connectivity index (χ0) is 9.72. The Kier molecular flexibility index (Phi) is 5.51. The summed E-state index contributed by atoms with van der Waals surface area (Å²) >= 11 is 0. The largest absolute Gasteiger partial charge is 0.270 e. The first kappa shape index (κ1) is 11.9. The number of nitrogens with zero attached hydrogens (tertiary/aromatic N) is 1. The molecular weight excluding hydrogens is 150 g/mol. The van der Waals surface area contributed by atoms with Crippen LogP contribution in [0, 0.1) is 0 Å². The maximum absolute atomic E-state index is 11.4.